The number of hydrogen-bond donors (Lipinski definition) is 1. The van der Waals surface area contributed by atoms with E-state index in [0.29, 0.717) is 25.3 Å². The Morgan fingerprint density at radius 1 is 1.24 bits per heavy atom. The van der Waals surface area contributed by atoms with E-state index in [0.717, 1.165) is 25.8 Å². The SMILES string of the molecule is CCN(CC(=O)Nc1ccc(Cl)c(S(=O)(=O)N2CCCCC2)c1)Cc1cccs1. The highest BCUT2D eigenvalue weighted by Crippen LogP contribution is 2.29. The second-order valence-electron chi connectivity index (χ2n) is 7.04. The first-order valence-corrected chi connectivity index (χ1v) is 12.4. The zero-order valence-electron chi connectivity index (χ0n) is 16.4. The third-order valence-corrected chi connectivity index (χ3v) is 8.16. The van der Waals surface area contributed by atoms with Gasteiger partial charge >= 0.3 is 0 Å². The van der Waals surface area contributed by atoms with Crippen molar-refractivity contribution in [3.8, 4) is 0 Å². The summed E-state index contributed by atoms with van der Waals surface area (Å²) in [5, 5.41) is 4.99. The standard InChI is InChI=1S/C20H26ClN3O3S2/c1-2-23(14-17-7-6-12-28-17)15-20(25)22-16-8-9-18(21)19(13-16)29(26,27)24-10-4-3-5-11-24/h6-9,12-13H,2-5,10-11,14-15H2,1H3,(H,22,25). The normalized spacial score (nSPS) is 15.6. The number of benzene rings is 1. The molecular weight excluding hydrogens is 430 g/mol. The second-order valence-corrected chi connectivity index (χ2v) is 10.4. The van der Waals surface area contributed by atoms with Crippen molar-refractivity contribution in [2.24, 2.45) is 0 Å². The molecule has 1 saturated heterocycles. The van der Waals surface area contributed by atoms with Gasteiger partial charge in [-0.3, -0.25) is 9.69 Å². The summed E-state index contributed by atoms with van der Waals surface area (Å²) in [5.74, 6) is -0.188. The van der Waals surface area contributed by atoms with Gasteiger partial charge in [0.1, 0.15) is 4.90 Å². The molecule has 1 N–H and O–H groups in total. The number of rotatable bonds is 8. The highest BCUT2D eigenvalue weighted by Gasteiger charge is 2.28. The lowest BCUT2D eigenvalue weighted by atomic mass is 10.2. The van der Waals surface area contributed by atoms with E-state index in [1.54, 1.807) is 17.4 Å². The summed E-state index contributed by atoms with van der Waals surface area (Å²) in [6.45, 7) is 4.68. The Bertz CT molecular complexity index is 926. The van der Waals surface area contributed by atoms with Crippen molar-refractivity contribution in [3.05, 3.63) is 45.6 Å². The van der Waals surface area contributed by atoms with Crippen LogP contribution >= 0.6 is 22.9 Å². The van der Waals surface area contributed by atoms with Gasteiger partial charge in [0.15, 0.2) is 0 Å². The Balaban J connectivity index is 1.69. The fraction of sp³-hybridized carbons (Fsp3) is 0.450. The van der Waals surface area contributed by atoms with Gasteiger partial charge in [0, 0.05) is 30.2 Å². The average molecular weight is 456 g/mol. The molecule has 9 heteroatoms. The quantitative estimate of drug-likeness (QED) is 0.652. The monoisotopic (exact) mass is 455 g/mol. The maximum Gasteiger partial charge on any atom is 0.244 e. The fourth-order valence-corrected chi connectivity index (χ4v) is 6.09. The Labute approximate surface area is 181 Å². The fourth-order valence-electron chi connectivity index (χ4n) is 3.33. The van der Waals surface area contributed by atoms with Crippen molar-refractivity contribution in [2.45, 2.75) is 37.6 Å². The van der Waals surface area contributed by atoms with Crippen LogP contribution in [0.15, 0.2) is 40.6 Å². The van der Waals surface area contributed by atoms with E-state index in [-0.39, 0.29) is 22.4 Å². The number of amides is 1. The van der Waals surface area contributed by atoms with Gasteiger partial charge < -0.3 is 5.32 Å². The molecule has 0 saturated carbocycles. The van der Waals surface area contributed by atoms with Gasteiger partial charge in [-0.1, -0.05) is 31.0 Å². The molecule has 1 aromatic carbocycles. The molecule has 2 aromatic rings. The van der Waals surface area contributed by atoms with Gasteiger partial charge in [-0.05, 0) is 49.0 Å². The van der Waals surface area contributed by atoms with Crippen LogP contribution in [0.5, 0.6) is 0 Å². The van der Waals surface area contributed by atoms with Gasteiger partial charge in [0.2, 0.25) is 15.9 Å². The minimum atomic E-state index is -3.67. The first-order valence-electron chi connectivity index (χ1n) is 9.74. The Hall–Kier alpha value is -1.45. The number of carbonyl (C=O) groups excluding carboxylic acids is 1. The van der Waals surface area contributed by atoms with Crippen LogP contribution in [0.3, 0.4) is 0 Å². The molecule has 0 bridgehead atoms. The summed E-state index contributed by atoms with van der Waals surface area (Å²) in [7, 11) is -3.67. The third-order valence-electron chi connectivity index (χ3n) is 4.92. The van der Waals surface area contributed by atoms with Crippen LogP contribution in [-0.4, -0.2) is 49.7 Å². The first-order chi connectivity index (χ1) is 13.9. The van der Waals surface area contributed by atoms with E-state index in [2.05, 4.69) is 5.32 Å². The molecule has 0 unspecified atom stereocenters. The lowest BCUT2D eigenvalue weighted by Crippen LogP contribution is -2.36. The van der Waals surface area contributed by atoms with Crippen molar-refractivity contribution in [1.82, 2.24) is 9.21 Å². The molecule has 0 spiro atoms. The molecule has 0 aliphatic carbocycles. The predicted octanol–water partition coefficient (Wildman–Crippen LogP) is 4.04. The van der Waals surface area contributed by atoms with Gasteiger partial charge in [-0.15, -0.1) is 11.3 Å². The highest BCUT2D eigenvalue weighted by molar-refractivity contribution is 7.89. The Kier molecular flexibility index (Phi) is 7.70. The smallest absolute Gasteiger partial charge is 0.244 e. The number of anilines is 1. The zero-order valence-corrected chi connectivity index (χ0v) is 18.8. The second kappa shape index (κ2) is 10.0. The molecule has 1 fully saturated rings. The van der Waals surface area contributed by atoms with Crippen molar-refractivity contribution >= 4 is 44.6 Å². The number of likely N-dealkylation sites (N-methyl/N-ethyl adjacent to an activating group) is 1. The van der Waals surface area contributed by atoms with Gasteiger partial charge in [-0.25, -0.2) is 8.42 Å². The molecule has 29 heavy (non-hydrogen) atoms. The van der Waals surface area contributed by atoms with Crippen molar-refractivity contribution in [2.75, 3.05) is 31.5 Å². The summed E-state index contributed by atoms with van der Waals surface area (Å²) in [4.78, 5) is 15.8. The van der Waals surface area contributed by atoms with Crippen LogP contribution in [0.4, 0.5) is 5.69 Å². The number of nitrogens with one attached hydrogen (secondary N) is 1. The number of piperidine rings is 1. The summed E-state index contributed by atoms with van der Waals surface area (Å²) in [6.07, 6.45) is 2.74. The summed E-state index contributed by atoms with van der Waals surface area (Å²) in [5.41, 5.74) is 0.433. The summed E-state index contributed by atoms with van der Waals surface area (Å²) in [6, 6.07) is 8.65. The van der Waals surface area contributed by atoms with Crippen molar-refractivity contribution in [3.63, 3.8) is 0 Å². The maximum atomic E-state index is 13.0. The van der Waals surface area contributed by atoms with E-state index in [1.807, 2.05) is 29.3 Å². The molecular formula is C20H26ClN3O3S2. The first kappa shape index (κ1) is 22.2. The summed E-state index contributed by atoms with van der Waals surface area (Å²) >= 11 is 7.86. The predicted molar refractivity (Wildman–Crippen MR) is 118 cm³/mol. The Morgan fingerprint density at radius 2 is 2.00 bits per heavy atom. The van der Waals surface area contributed by atoms with Crippen LogP contribution in [0.25, 0.3) is 0 Å². The largest absolute Gasteiger partial charge is 0.325 e. The highest BCUT2D eigenvalue weighted by atomic mass is 35.5. The molecule has 1 aromatic heterocycles. The van der Waals surface area contributed by atoms with Crippen LogP contribution in [-0.2, 0) is 21.4 Å². The minimum Gasteiger partial charge on any atom is -0.325 e. The molecule has 1 amide bonds. The van der Waals surface area contributed by atoms with Crippen LogP contribution < -0.4 is 5.32 Å². The van der Waals surface area contributed by atoms with E-state index < -0.39 is 10.0 Å². The molecule has 3 rings (SSSR count). The van der Waals surface area contributed by atoms with E-state index in [1.165, 1.54) is 21.3 Å². The molecule has 1 aliphatic rings. The van der Waals surface area contributed by atoms with Gasteiger partial charge in [-0.2, -0.15) is 4.31 Å². The van der Waals surface area contributed by atoms with E-state index in [4.69, 9.17) is 11.6 Å². The van der Waals surface area contributed by atoms with Crippen LogP contribution in [0.1, 0.15) is 31.1 Å². The number of hydrogen-bond acceptors (Lipinski definition) is 5. The zero-order chi connectivity index (χ0) is 20.9. The number of sulfonamides is 1. The van der Waals surface area contributed by atoms with Crippen molar-refractivity contribution < 1.29 is 13.2 Å². The number of halogens is 1. The number of carbonyl (C=O) groups is 1. The topological polar surface area (TPSA) is 69.7 Å². The number of nitrogens with zero attached hydrogens (tertiary/aromatic N) is 2. The van der Waals surface area contributed by atoms with Gasteiger partial charge in [0.05, 0.1) is 11.6 Å². The third kappa shape index (κ3) is 5.79. The molecule has 0 radical (unpaired) electrons. The van der Waals surface area contributed by atoms with Crippen LogP contribution in [0, 0.1) is 0 Å². The van der Waals surface area contributed by atoms with E-state index in [9.17, 15) is 13.2 Å². The lowest BCUT2D eigenvalue weighted by molar-refractivity contribution is -0.117. The lowest BCUT2D eigenvalue weighted by Gasteiger charge is -2.26. The molecule has 0 atom stereocenters. The van der Waals surface area contributed by atoms with E-state index >= 15 is 0 Å². The van der Waals surface area contributed by atoms with Crippen LogP contribution in [0.2, 0.25) is 5.02 Å². The average Bonchev–Trinajstić information content (AvgIpc) is 3.22. The molecule has 1 aliphatic heterocycles. The molecule has 2 heterocycles. The maximum absolute atomic E-state index is 13.0. The van der Waals surface area contributed by atoms with Gasteiger partial charge in [0.25, 0.3) is 0 Å². The summed E-state index contributed by atoms with van der Waals surface area (Å²) < 4.78 is 27.4. The molecule has 158 valence electrons. The Morgan fingerprint density at radius 3 is 2.66 bits per heavy atom. The van der Waals surface area contributed by atoms with Crippen molar-refractivity contribution in [1.29, 1.82) is 0 Å². The minimum absolute atomic E-state index is 0.0461. The number of thiophene rings is 1. The molecule has 6 nitrogen and oxygen atoms in total.